The summed E-state index contributed by atoms with van der Waals surface area (Å²) in [5.74, 6) is 0.675. The molecule has 0 spiro atoms. The number of benzene rings is 4. The molecule has 0 bridgehead atoms. The van der Waals surface area contributed by atoms with Crippen LogP contribution in [-0.4, -0.2) is 57.7 Å². The molecule has 1 saturated heterocycles. The van der Waals surface area contributed by atoms with Crippen molar-refractivity contribution in [2.24, 2.45) is 0 Å². The molecule has 1 amide bonds. The van der Waals surface area contributed by atoms with Crippen molar-refractivity contribution < 1.29 is 19.1 Å². The van der Waals surface area contributed by atoms with Crippen LogP contribution in [0.1, 0.15) is 28.8 Å². The Morgan fingerprint density at radius 2 is 1.28 bits per heavy atom. The molecule has 1 fully saturated rings. The van der Waals surface area contributed by atoms with Crippen molar-refractivity contribution in [1.29, 1.82) is 0 Å². The highest BCUT2D eigenvalue weighted by atomic mass is 16.6. The summed E-state index contributed by atoms with van der Waals surface area (Å²) in [6.45, 7) is 4.80. The van der Waals surface area contributed by atoms with Crippen molar-refractivity contribution in [2.45, 2.75) is 33.0 Å². The number of aryl methyl sites for hydroxylation is 2. The molecule has 4 aromatic carbocycles. The summed E-state index contributed by atoms with van der Waals surface area (Å²) in [5.41, 5.74) is 8.38. The average Bonchev–Trinajstić information content (AvgIpc) is 3.51. The number of ether oxygens (including phenoxy) is 2. The van der Waals surface area contributed by atoms with Crippen LogP contribution in [0.15, 0.2) is 121 Å². The molecule has 1 aliphatic heterocycles. The van der Waals surface area contributed by atoms with E-state index in [-0.39, 0.29) is 31.7 Å². The summed E-state index contributed by atoms with van der Waals surface area (Å²) in [4.78, 5) is 34.7. The number of anilines is 1. The van der Waals surface area contributed by atoms with Crippen LogP contribution in [0.4, 0.5) is 10.6 Å². The number of amides is 1. The number of hydrogen-bond acceptors (Lipinski definition) is 7. The van der Waals surface area contributed by atoms with Crippen LogP contribution in [0.25, 0.3) is 28.0 Å². The Morgan fingerprint density at radius 3 is 1.96 bits per heavy atom. The van der Waals surface area contributed by atoms with Crippen LogP contribution in [0, 0.1) is 6.92 Å². The topological polar surface area (TPSA) is 89.3 Å². The number of carbonyl (C=O) groups excluding carboxylic acids is 2. The van der Waals surface area contributed by atoms with Crippen molar-refractivity contribution in [1.82, 2.24) is 19.5 Å². The molecule has 2 aromatic heterocycles. The lowest BCUT2D eigenvalue weighted by Gasteiger charge is -2.35. The third-order valence-electron chi connectivity index (χ3n) is 8.96. The van der Waals surface area contributed by atoms with Crippen LogP contribution in [0.5, 0.6) is 0 Å². The summed E-state index contributed by atoms with van der Waals surface area (Å²) in [6, 6.07) is 39.9. The molecule has 6 aromatic rings. The Bertz CT molecular complexity index is 2080. The van der Waals surface area contributed by atoms with E-state index in [9.17, 15) is 9.59 Å². The lowest BCUT2D eigenvalue weighted by atomic mass is 10.0. The minimum absolute atomic E-state index is 0.230. The normalized spacial score (nSPS) is 13.0. The Hall–Kier alpha value is -5.96. The van der Waals surface area contributed by atoms with Crippen molar-refractivity contribution in [3.63, 3.8) is 0 Å². The van der Waals surface area contributed by atoms with Gasteiger partial charge in [-0.3, -0.25) is 4.79 Å². The summed E-state index contributed by atoms with van der Waals surface area (Å²) < 4.78 is 13.1. The Labute approximate surface area is 291 Å². The maximum Gasteiger partial charge on any atom is 0.410 e. The zero-order valence-electron chi connectivity index (χ0n) is 28.1. The van der Waals surface area contributed by atoms with Crippen molar-refractivity contribution in [3.8, 4) is 22.4 Å². The fraction of sp³-hybridized carbons (Fsp3) is 0.220. The zero-order valence-corrected chi connectivity index (χ0v) is 28.1. The summed E-state index contributed by atoms with van der Waals surface area (Å²) in [5, 5.41) is 4.98. The predicted octanol–water partition coefficient (Wildman–Crippen LogP) is 7.51. The van der Waals surface area contributed by atoms with E-state index in [1.54, 1.807) is 4.90 Å². The predicted molar refractivity (Wildman–Crippen MR) is 194 cm³/mol. The van der Waals surface area contributed by atoms with Gasteiger partial charge in [-0.25, -0.2) is 9.78 Å². The summed E-state index contributed by atoms with van der Waals surface area (Å²) >= 11 is 0. The molecule has 1 aliphatic rings. The SMILES string of the molecule is Cc1nn2c(N3CCN(C(=O)OCc4ccccc4)CC3)cc(-c3cccc(CCC(=O)OCc4ccccc4)c3)nc2c1-c1ccccc1. The first kappa shape index (κ1) is 32.6. The van der Waals surface area contributed by atoms with Crippen molar-refractivity contribution >= 4 is 23.5 Å². The van der Waals surface area contributed by atoms with Gasteiger partial charge in [0.05, 0.1) is 11.4 Å². The van der Waals surface area contributed by atoms with Gasteiger partial charge < -0.3 is 19.3 Å². The molecule has 9 nitrogen and oxygen atoms in total. The average molecular weight is 666 g/mol. The van der Waals surface area contributed by atoms with Gasteiger partial charge >= 0.3 is 12.1 Å². The number of carbonyl (C=O) groups is 2. The Morgan fingerprint density at radius 1 is 0.680 bits per heavy atom. The number of esters is 1. The molecule has 0 N–H and O–H groups in total. The highest BCUT2D eigenvalue weighted by Gasteiger charge is 2.26. The minimum Gasteiger partial charge on any atom is -0.461 e. The Balaban J connectivity index is 1.12. The van der Waals surface area contributed by atoms with Gasteiger partial charge in [0.25, 0.3) is 0 Å². The zero-order chi connectivity index (χ0) is 34.3. The van der Waals surface area contributed by atoms with E-state index >= 15 is 0 Å². The largest absolute Gasteiger partial charge is 0.461 e. The van der Waals surface area contributed by atoms with E-state index < -0.39 is 0 Å². The number of nitrogens with zero attached hydrogens (tertiary/aromatic N) is 5. The fourth-order valence-corrected chi connectivity index (χ4v) is 6.30. The van der Waals surface area contributed by atoms with Gasteiger partial charge in [0, 0.05) is 49.8 Å². The molecule has 252 valence electrons. The smallest absolute Gasteiger partial charge is 0.410 e. The van der Waals surface area contributed by atoms with Crippen LogP contribution < -0.4 is 4.90 Å². The molecule has 0 radical (unpaired) electrons. The molecule has 0 unspecified atom stereocenters. The first-order valence-corrected chi connectivity index (χ1v) is 17.0. The maximum absolute atomic E-state index is 12.9. The number of piperazine rings is 1. The highest BCUT2D eigenvalue weighted by Crippen LogP contribution is 2.33. The van der Waals surface area contributed by atoms with E-state index in [1.807, 2.05) is 109 Å². The first-order valence-electron chi connectivity index (χ1n) is 17.0. The van der Waals surface area contributed by atoms with E-state index in [1.165, 1.54) is 0 Å². The van der Waals surface area contributed by atoms with Crippen LogP contribution in [-0.2, 0) is 33.9 Å². The molecule has 0 atom stereocenters. The molecular formula is C41H39N5O4. The fourth-order valence-electron chi connectivity index (χ4n) is 6.30. The standard InChI is InChI=1S/C41H39N5O4/c1-30-39(34-17-9-4-10-18-34)40-42-36(35-19-11-16-31(26-35)20-21-38(47)49-28-32-12-5-2-6-13-32)27-37(46(40)43-30)44-22-24-45(25-23-44)41(48)50-29-33-14-7-3-8-15-33/h2-19,26-27H,20-25,28-29H2,1H3. The van der Waals surface area contributed by atoms with Crippen LogP contribution >= 0.6 is 0 Å². The lowest BCUT2D eigenvalue weighted by Crippen LogP contribution is -2.49. The van der Waals surface area contributed by atoms with E-state index in [0.29, 0.717) is 32.6 Å². The number of fused-ring (bicyclic) bond motifs is 1. The number of aromatic nitrogens is 3. The van der Waals surface area contributed by atoms with Crippen LogP contribution in [0.3, 0.4) is 0 Å². The van der Waals surface area contributed by atoms with Gasteiger partial charge in [0.15, 0.2) is 5.65 Å². The van der Waals surface area contributed by atoms with Gasteiger partial charge in [-0.15, -0.1) is 0 Å². The second kappa shape index (κ2) is 15.1. The van der Waals surface area contributed by atoms with Crippen LogP contribution in [0.2, 0.25) is 0 Å². The van der Waals surface area contributed by atoms with Gasteiger partial charge in [0.2, 0.25) is 0 Å². The molecule has 7 rings (SSSR count). The molecule has 50 heavy (non-hydrogen) atoms. The summed E-state index contributed by atoms with van der Waals surface area (Å²) in [6.07, 6.45) is 0.530. The molecule has 9 heteroatoms. The number of rotatable bonds is 10. The first-order chi connectivity index (χ1) is 24.5. The third kappa shape index (κ3) is 7.52. The van der Waals surface area contributed by atoms with Gasteiger partial charge in [-0.05, 0) is 41.7 Å². The highest BCUT2D eigenvalue weighted by molar-refractivity contribution is 5.83. The Kier molecular flexibility index (Phi) is 9.82. The second-order valence-corrected chi connectivity index (χ2v) is 12.4. The molecule has 0 aliphatic carbocycles. The van der Waals surface area contributed by atoms with Gasteiger partial charge in [0.1, 0.15) is 19.0 Å². The maximum atomic E-state index is 12.9. The lowest BCUT2D eigenvalue weighted by molar-refractivity contribution is -0.144. The minimum atomic E-state index is -0.309. The quantitative estimate of drug-likeness (QED) is 0.140. The second-order valence-electron chi connectivity index (χ2n) is 12.4. The number of hydrogen-bond donors (Lipinski definition) is 0. The molecule has 0 saturated carbocycles. The monoisotopic (exact) mass is 665 g/mol. The summed E-state index contributed by atoms with van der Waals surface area (Å²) in [7, 11) is 0. The van der Waals surface area contributed by atoms with Crippen molar-refractivity contribution in [3.05, 3.63) is 144 Å². The molecule has 3 heterocycles. The van der Waals surface area contributed by atoms with Gasteiger partial charge in [-0.1, -0.05) is 109 Å². The van der Waals surface area contributed by atoms with E-state index in [0.717, 1.165) is 56.2 Å². The van der Waals surface area contributed by atoms with Crippen molar-refractivity contribution in [2.75, 3.05) is 31.1 Å². The molecular weight excluding hydrogens is 626 g/mol. The third-order valence-corrected chi connectivity index (χ3v) is 8.96. The van der Waals surface area contributed by atoms with E-state index in [4.69, 9.17) is 19.6 Å². The van der Waals surface area contributed by atoms with E-state index in [2.05, 4.69) is 29.2 Å². The van der Waals surface area contributed by atoms with Gasteiger partial charge in [-0.2, -0.15) is 9.61 Å².